The molecular formula is C67H69BN2. The maximum Gasteiger partial charge on any atom is 0.247 e. The Morgan fingerprint density at radius 1 is 0.457 bits per heavy atom. The molecular weight excluding hydrogens is 844 g/mol. The lowest BCUT2D eigenvalue weighted by molar-refractivity contribution is 0.638. The van der Waals surface area contributed by atoms with Crippen molar-refractivity contribution in [3.05, 3.63) is 256 Å². The second-order valence-electron chi connectivity index (χ2n) is 21.2. The van der Waals surface area contributed by atoms with E-state index in [-0.39, 0.29) is 23.0 Å². The van der Waals surface area contributed by atoms with Gasteiger partial charge in [-0.05, 0) is 140 Å². The lowest BCUT2D eigenvalue weighted by Crippen LogP contribution is -2.59. The van der Waals surface area contributed by atoms with Crippen LogP contribution >= 0.6 is 0 Å². The van der Waals surface area contributed by atoms with E-state index in [0.29, 0.717) is 0 Å². The van der Waals surface area contributed by atoms with Crippen LogP contribution in [-0.4, -0.2) is 6.71 Å². The Balaban J connectivity index is 1.35. The molecule has 0 aliphatic carbocycles. The number of benzene rings is 8. The number of aryl methyl sites for hydroxylation is 4. The van der Waals surface area contributed by atoms with Gasteiger partial charge in [-0.15, -0.1) is 0 Å². The molecule has 1 aliphatic heterocycles. The van der Waals surface area contributed by atoms with Crippen molar-refractivity contribution in [2.75, 3.05) is 9.80 Å². The van der Waals surface area contributed by atoms with Gasteiger partial charge in [-0.2, -0.15) is 0 Å². The van der Waals surface area contributed by atoms with Crippen molar-refractivity contribution >= 4 is 57.2 Å². The van der Waals surface area contributed by atoms with E-state index in [4.69, 9.17) is 0 Å². The standard InChI is InChI=1S/C67H69BN2/c1-13-21-50(14-2)65(7,8)54-31-30-48(5)60(43-54)68-61-44-55(67(11,12)52-24-19-16-20-25-52)34-41-62(61)70(58-39-32-53(33-40-58)66(9,10)51-22-17-15-18-23-51)63-45-59(42-49(6)64(63)68)69(56-35-26-46(3)27-36-56)57-37-28-47(4)29-38-57/h13-45H,1-12H3/b21-13-,50-14+. The van der Waals surface area contributed by atoms with Crippen LogP contribution in [0.15, 0.2) is 206 Å². The number of nitrogens with zero attached hydrogens (tertiary/aromatic N) is 2. The fourth-order valence-corrected chi connectivity index (χ4v) is 11.0. The zero-order valence-corrected chi connectivity index (χ0v) is 43.5. The highest BCUT2D eigenvalue weighted by molar-refractivity contribution is 6.98. The van der Waals surface area contributed by atoms with Crippen molar-refractivity contribution in [1.82, 2.24) is 0 Å². The molecule has 8 aromatic rings. The summed E-state index contributed by atoms with van der Waals surface area (Å²) in [7, 11) is 0. The molecule has 0 saturated carbocycles. The first-order chi connectivity index (χ1) is 33.5. The van der Waals surface area contributed by atoms with E-state index < -0.39 is 0 Å². The van der Waals surface area contributed by atoms with Crippen LogP contribution in [0, 0.1) is 27.7 Å². The van der Waals surface area contributed by atoms with E-state index in [0.717, 1.165) is 22.7 Å². The summed E-state index contributed by atoms with van der Waals surface area (Å²) in [6, 6.07) is 68.7. The van der Waals surface area contributed by atoms with Crippen LogP contribution in [0.4, 0.5) is 34.1 Å². The Morgan fingerprint density at radius 2 is 0.957 bits per heavy atom. The molecule has 2 nitrogen and oxygen atoms in total. The summed E-state index contributed by atoms with van der Waals surface area (Å²) in [5, 5.41) is 0. The summed E-state index contributed by atoms with van der Waals surface area (Å²) in [5.41, 5.74) is 23.0. The van der Waals surface area contributed by atoms with E-state index in [9.17, 15) is 0 Å². The van der Waals surface area contributed by atoms with Crippen LogP contribution in [0.1, 0.15) is 105 Å². The van der Waals surface area contributed by atoms with Gasteiger partial charge in [0.05, 0.1) is 0 Å². The molecule has 0 aromatic heterocycles. The minimum absolute atomic E-state index is 0.0585. The number of hydrogen-bond donors (Lipinski definition) is 0. The maximum absolute atomic E-state index is 2.56. The molecule has 0 spiro atoms. The van der Waals surface area contributed by atoms with Gasteiger partial charge in [-0.3, -0.25) is 0 Å². The average Bonchev–Trinajstić information content (AvgIpc) is 3.36. The van der Waals surface area contributed by atoms with E-state index in [1.165, 1.54) is 83.4 Å². The van der Waals surface area contributed by atoms with Crippen molar-refractivity contribution in [2.45, 2.75) is 99.3 Å². The van der Waals surface area contributed by atoms with Crippen molar-refractivity contribution < 1.29 is 0 Å². The Hall–Kier alpha value is -7.10. The molecule has 0 unspecified atom stereocenters. The minimum atomic E-state index is -0.246. The lowest BCUT2D eigenvalue weighted by atomic mass is 9.33. The molecule has 1 heterocycles. The van der Waals surface area contributed by atoms with Crippen LogP contribution < -0.4 is 26.2 Å². The van der Waals surface area contributed by atoms with Crippen LogP contribution in [0.25, 0.3) is 0 Å². The molecule has 0 radical (unpaired) electrons. The van der Waals surface area contributed by atoms with Gasteiger partial charge in [-0.25, -0.2) is 0 Å². The number of rotatable bonds is 12. The maximum atomic E-state index is 2.56. The molecule has 0 atom stereocenters. The van der Waals surface area contributed by atoms with Gasteiger partial charge < -0.3 is 9.80 Å². The fraction of sp³-hybridized carbons (Fsp3) is 0.224. The van der Waals surface area contributed by atoms with Gasteiger partial charge >= 0.3 is 0 Å². The molecule has 3 heteroatoms. The number of hydrogen-bond acceptors (Lipinski definition) is 2. The quantitative estimate of drug-likeness (QED) is 0.0890. The molecule has 1 aliphatic rings. The third kappa shape index (κ3) is 8.77. The second kappa shape index (κ2) is 19.0. The third-order valence-corrected chi connectivity index (χ3v) is 15.6. The number of fused-ring (bicyclic) bond motifs is 2. The summed E-state index contributed by atoms with van der Waals surface area (Å²) >= 11 is 0. The molecule has 0 amide bonds. The molecule has 8 aromatic carbocycles. The van der Waals surface area contributed by atoms with Gasteiger partial charge in [0, 0.05) is 50.4 Å². The molecule has 0 N–H and O–H groups in total. The Kier molecular flexibility index (Phi) is 13.0. The summed E-state index contributed by atoms with van der Waals surface area (Å²) in [4.78, 5) is 4.99. The normalized spacial score (nSPS) is 13.1. The first-order valence-corrected chi connectivity index (χ1v) is 25.2. The topological polar surface area (TPSA) is 6.48 Å². The highest BCUT2D eigenvalue weighted by Crippen LogP contribution is 2.45. The summed E-state index contributed by atoms with van der Waals surface area (Å²) in [6.45, 7) is 27.3. The second-order valence-corrected chi connectivity index (χ2v) is 21.2. The highest BCUT2D eigenvalue weighted by atomic mass is 15.2. The summed E-state index contributed by atoms with van der Waals surface area (Å²) in [5.74, 6) is 0. The lowest BCUT2D eigenvalue weighted by Gasteiger charge is -2.41. The number of allylic oxidation sites excluding steroid dienone is 4. The molecule has 70 heavy (non-hydrogen) atoms. The SMILES string of the molecule is C/C=C\C(=C/C)C(C)(C)c1ccc(C)c(B2c3cc(C(C)(C)c4ccccc4)ccc3N(c3ccc(C(C)(C)c4ccccc4)cc3)c3cc(N(c4ccc(C)cc4)c4ccc(C)cc4)cc(C)c32)c1. The van der Waals surface area contributed by atoms with Gasteiger partial charge in [0.15, 0.2) is 0 Å². The zero-order chi connectivity index (χ0) is 49.5. The summed E-state index contributed by atoms with van der Waals surface area (Å²) < 4.78 is 0. The van der Waals surface area contributed by atoms with Crippen molar-refractivity contribution in [1.29, 1.82) is 0 Å². The largest absolute Gasteiger partial charge is 0.311 e. The molecule has 0 bridgehead atoms. The van der Waals surface area contributed by atoms with Crippen LogP contribution in [0.3, 0.4) is 0 Å². The van der Waals surface area contributed by atoms with E-state index in [1.807, 2.05) is 0 Å². The van der Waals surface area contributed by atoms with E-state index in [1.54, 1.807) is 0 Å². The van der Waals surface area contributed by atoms with Crippen LogP contribution in [0.2, 0.25) is 0 Å². The number of anilines is 6. The Bertz CT molecular complexity index is 3160. The Morgan fingerprint density at radius 3 is 1.50 bits per heavy atom. The van der Waals surface area contributed by atoms with E-state index in [2.05, 4.69) is 293 Å². The predicted octanol–water partition coefficient (Wildman–Crippen LogP) is 16.1. The van der Waals surface area contributed by atoms with Gasteiger partial charge in [-0.1, -0.05) is 215 Å². The Labute approximate surface area is 420 Å². The van der Waals surface area contributed by atoms with Crippen LogP contribution in [-0.2, 0) is 16.2 Å². The van der Waals surface area contributed by atoms with Gasteiger partial charge in [0.25, 0.3) is 0 Å². The monoisotopic (exact) mass is 913 g/mol. The molecule has 0 saturated heterocycles. The van der Waals surface area contributed by atoms with Gasteiger partial charge in [0.1, 0.15) is 0 Å². The first kappa shape index (κ1) is 47.9. The summed E-state index contributed by atoms with van der Waals surface area (Å²) in [6.07, 6.45) is 6.70. The average molecular weight is 913 g/mol. The first-order valence-electron chi connectivity index (χ1n) is 25.2. The molecule has 9 rings (SSSR count). The van der Waals surface area contributed by atoms with Crippen LogP contribution in [0.5, 0.6) is 0 Å². The zero-order valence-electron chi connectivity index (χ0n) is 43.5. The van der Waals surface area contributed by atoms with Gasteiger partial charge in [0.2, 0.25) is 6.71 Å². The van der Waals surface area contributed by atoms with E-state index >= 15 is 0 Å². The smallest absolute Gasteiger partial charge is 0.247 e. The minimum Gasteiger partial charge on any atom is -0.311 e. The van der Waals surface area contributed by atoms with Crippen molar-refractivity contribution in [3.63, 3.8) is 0 Å². The fourth-order valence-electron chi connectivity index (χ4n) is 11.0. The molecule has 0 fully saturated rings. The highest BCUT2D eigenvalue weighted by Gasteiger charge is 2.40. The van der Waals surface area contributed by atoms with Crippen molar-refractivity contribution in [2.24, 2.45) is 0 Å². The van der Waals surface area contributed by atoms with Crippen molar-refractivity contribution in [3.8, 4) is 0 Å². The third-order valence-electron chi connectivity index (χ3n) is 15.6. The molecule has 350 valence electrons. The predicted molar refractivity (Wildman–Crippen MR) is 305 cm³/mol.